The monoisotopic (exact) mass is 291 g/mol. The highest BCUT2D eigenvalue weighted by molar-refractivity contribution is 9.09. The van der Waals surface area contributed by atoms with Crippen LogP contribution in [0.15, 0.2) is 0 Å². The lowest BCUT2D eigenvalue weighted by Crippen LogP contribution is -2.27. The molecule has 16 heavy (non-hydrogen) atoms. The van der Waals surface area contributed by atoms with Crippen LogP contribution in [-0.2, 0) is 9.53 Å². The Morgan fingerprint density at radius 1 is 1.31 bits per heavy atom. The fourth-order valence-corrected chi connectivity index (χ4v) is 2.37. The lowest BCUT2D eigenvalue weighted by atomic mass is 10.0. The molecule has 0 heterocycles. The lowest BCUT2D eigenvalue weighted by molar-refractivity contribution is -0.121. The summed E-state index contributed by atoms with van der Waals surface area (Å²) in [4.78, 5) is 11.5. The van der Waals surface area contributed by atoms with Crippen molar-refractivity contribution in [3.63, 3.8) is 0 Å². The van der Waals surface area contributed by atoms with Gasteiger partial charge in [-0.2, -0.15) is 0 Å². The van der Waals surface area contributed by atoms with Crippen molar-refractivity contribution in [1.29, 1.82) is 0 Å². The molecule has 0 atom stereocenters. The molecule has 0 radical (unpaired) electrons. The van der Waals surface area contributed by atoms with Gasteiger partial charge >= 0.3 is 0 Å². The Bertz CT molecular complexity index is 193. The number of hydrogen-bond acceptors (Lipinski definition) is 2. The van der Waals surface area contributed by atoms with Crippen LogP contribution < -0.4 is 5.32 Å². The van der Waals surface area contributed by atoms with Crippen molar-refractivity contribution in [3.8, 4) is 0 Å². The summed E-state index contributed by atoms with van der Waals surface area (Å²) in [6.45, 7) is 1.95. The summed E-state index contributed by atoms with van der Waals surface area (Å²) in [6, 6.07) is 0. The van der Waals surface area contributed by atoms with Crippen LogP contribution in [0.1, 0.15) is 38.5 Å². The smallest absolute Gasteiger partial charge is 0.220 e. The first-order valence-corrected chi connectivity index (χ1v) is 7.35. The van der Waals surface area contributed by atoms with Crippen molar-refractivity contribution < 1.29 is 9.53 Å². The van der Waals surface area contributed by atoms with E-state index in [-0.39, 0.29) is 5.91 Å². The van der Waals surface area contributed by atoms with Crippen LogP contribution in [0.3, 0.4) is 0 Å². The second-order valence-corrected chi connectivity index (χ2v) is 5.13. The van der Waals surface area contributed by atoms with Crippen molar-refractivity contribution in [2.45, 2.75) is 38.5 Å². The first kappa shape index (κ1) is 14.0. The van der Waals surface area contributed by atoms with E-state index >= 15 is 0 Å². The minimum absolute atomic E-state index is 0.175. The SMILES string of the molecule is O=C(CCC1CCCC1)NCCOCCBr. The molecule has 0 saturated heterocycles. The summed E-state index contributed by atoms with van der Waals surface area (Å²) in [5.74, 6) is 0.977. The Morgan fingerprint density at radius 2 is 2.06 bits per heavy atom. The molecule has 1 aliphatic rings. The molecule has 0 aromatic carbocycles. The molecular formula is C12H22BrNO2. The van der Waals surface area contributed by atoms with E-state index in [2.05, 4.69) is 21.2 Å². The number of halogens is 1. The van der Waals surface area contributed by atoms with Crippen LogP contribution in [0.25, 0.3) is 0 Å². The number of amides is 1. The average Bonchev–Trinajstić information content (AvgIpc) is 2.79. The quantitative estimate of drug-likeness (QED) is 0.551. The summed E-state index contributed by atoms with van der Waals surface area (Å²) < 4.78 is 5.25. The Labute approximate surface area is 106 Å². The maximum absolute atomic E-state index is 11.5. The Balaban J connectivity index is 1.90. The van der Waals surface area contributed by atoms with Crippen molar-refractivity contribution in [2.75, 3.05) is 25.1 Å². The Hall–Kier alpha value is -0.0900. The van der Waals surface area contributed by atoms with Crippen LogP contribution in [0.4, 0.5) is 0 Å². The minimum Gasteiger partial charge on any atom is -0.379 e. The molecule has 1 amide bonds. The van der Waals surface area contributed by atoms with E-state index in [0.717, 1.165) is 17.7 Å². The van der Waals surface area contributed by atoms with E-state index in [9.17, 15) is 4.79 Å². The molecule has 1 aliphatic carbocycles. The highest BCUT2D eigenvalue weighted by atomic mass is 79.9. The Kier molecular flexibility index (Phi) is 7.85. The summed E-state index contributed by atoms with van der Waals surface area (Å²) in [5.41, 5.74) is 0. The van der Waals surface area contributed by atoms with Crippen molar-refractivity contribution in [1.82, 2.24) is 5.32 Å². The molecular weight excluding hydrogens is 270 g/mol. The molecule has 3 nitrogen and oxygen atoms in total. The standard InChI is InChI=1S/C12H22BrNO2/c13-7-9-16-10-8-14-12(15)6-5-11-3-1-2-4-11/h11H,1-10H2,(H,14,15). The molecule has 1 N–H and O–H groups in total. The number of rotatable bonds is 8. The molecule has 0 aromatic rings. The second kappa shape index (κ2) is 8.99. The highest BCUT2D eigenvalue weighted by Crippen LogP contribution is 2.28. The van der Waals surface area contributed by atoms with Crippen LogP contribution in [0.5, 0.6) is 0 Å². The van der Waals surface area contributed by atoms with Gasteiger partial charge in [0, 0.05) is 18.3 Å². The van der Waals surface area contributed by atoms with E-state index in [1.165, 1.54) is 25.7 Å². The maximum Gasteiger partial charge on any atom is 0.220 e. The second-order valence-electron chi connectivity index (χ2n) is 4.34. The van der Waals surface area contributed by atoms with Gasteiger partial charge in [-0.25, -0.2) is 0 Å². The zero-order chi connectivity index (χ0) is 11.6. The van der Waals surface area contributed by atoms with Gasteiger partial charge in [-0.15, -0.1) is 0 Å². The first-order chi connectivity index (χ1) is 7.83. The molecule has 0 bridgehead atoms. The van der Waals surface area contributed by atoms with Gasteiger partial charge < -0.3 is 10.1 Å². The topological polar surface area (TPSA) is 38.3 Å². The van der Waals surface area contributed by atoms with Gasteiger partial charge in [0.1, 0.15) is 0 Å². The van der Waals surface area contributed by atoms with E-state index < -0.39 is 0 Å². The highest BCUT2D eigenvalue weighted by Gasteiger charge is 2.15. The third-order valence-corrected chi connectivity index (χ3v) is 3.37. The fourth-order valence-electron chi connectivity index (χ4n) is 2.14. The molecule has 0 aromatic heterocycles. The van der Waals surface area contributed by atoms with Crippen LogP contribution in [-0.4, -0.2) is 31.0 Å². The van der Waals surface area contributed by atoms with Gasteiger partial charge in [0.25, 0.3) is 0 Å². The van der Waals surface area contributed by atoms with Crippen LogP contribution in [0.2, 0.25) is 0 Å². The van der Waals surface area contributed by atoms with Gasteiger partial charge in [0.15, 0.2) is 0 Å². The normalized spacial score (nSPS) is 16.6. The number of carbonyl (C=O) groups is 1. The Morgan fingerprint density at radius 3 is 2.75 bits per heavy atom. The summed E-state index contributed by atoms with van der Waals surface area (Å²) in [6.07, 6.45) is 7.10. The third-order valence-electron chi connectivity index (χ3n) is 3.04. The van der Waals surface area contributed by atoms with Gasteiger partial charge in [0.05, 0.1) is 13.2 Å². The van der Waals surface area contributed by atoms with Crippen LogP contribution in [0, 0.1) is 5.92 Å². The number of alkyl halides is 1. The molecule has 4 heteroatoms. The van der Waals surface area contributed by atoms with E-state index in [1.807, 2.05) is 0 Å². The summed E-state index contributed by atoms with van der Waals surface area (Å²) in [5, 5.41) is 3.74. The van der Waals surface area contributed by atoms with Gasteiger partial charge in [-0.05, 0) is 12.3 Å². The predicted molar refractivity (Wildman–Crippen MR) is 68.8 cm³/mol. The minimum atomic E-state index is 0.175. The molecule has 1 fully saturated rings. The van der Waals surface area contributed by atoms with Gasteiger partial charge in [0.2, 0.25) is 5.91 Å². The number of nitrogens with one attached hydrogen (secondary N) is 1. The lowest BCUT2D eigenvalue weighted by Gasteiger charge is -2.09. The third kappa shape index (κ3) is 6.48. The van der Waals surface area contributed by atoms with Gasteiger partial charge in [-0.3, -0.25) is 4.79 Å². The van der Waals surface area contributed by atoms with E-state index in [0.29, 0.717) is 26.2 Å². The van der Waals surface area contributed by atoms with Crippen molar-refractivity contribution in [2.24, 2.45) is 5.92 Å². The summed E-state index contributed by atoms with van der Waals surface area (Å²) in [7, 11) is 0. The maximum atomic E-state index is 11.5. The fraction of sp³-hybridized carbons (Fsp3) is 0.917. The average molecular weight is 292 g/mol. The van der Waals surface area contributed by atoms with Crippen molar-refractivity contribution >= 4 is 21.8 Å². The molecule has 0 aliphatic heterocycles. The van der Waals surface area contributed by atoms with E-state index in [1.54, 1.807) is 0 Å². The van der Waals surface area contributed by atoms with Crippen molar-refractivity contribution in [3.05, 3.63) is 0 Å². The molecule has 0 unspecified atom stereocenters. The summed E-state index contributed by atoms with van der Waals surface area (Å²) >= 11 is 3.28. The molecule has 1 saturated carbocycles. The largest absolute Gasteiger partial charge is 0.379 e. The van der Waals surface area contributed by atoms with Crippen LogP contribution >= 0.6 is 15.9 Å². The molecule has 0 spiro atoms. The zero-order valence-corrected chi connectivity index (χ0v) is 11.4. The molecule has 94 valence electrons. The predicted octanol–water partition coefficient (Wildman–Crippen LogP) is 2.48. The first-order valence-electron chi connectivity index (χ1n) is 6.23. The number of hydrogen-bond donors (Lipinski definition) is 1. The number of ether oxygens (including phenoxy) is 1. The van der Waals surface area contributed by atoms with E-state index in [4.69, 9.17) is 4.74 Å². The molecule has 1 rings (SSSR count). The number of carbonyl (C=O) groups excluding carboxylic acids is 1. The van der Waals surface area contributed by atoms with Gasteiger partial charge in [-0.1, -0.05) is 41.6 Å². The zero-order valence-electron chi connectivity index (χ0n) is 9.84.